The largest absolute Gasteiger partial charge is 0.331 e. The molecule has 2 rings (SSSR count). The molecule has 2 N–H and O–H groups in total. The monoisotopic (exact) mass is 427 g/mol. The number of benzene rings is 2. The van der Waals surface area contributed by atoms with Crippen LogP contribution in [0.1, 0.15) is 5.56 Å². The maximum absolute atomic E-state index is 12.0. The highest BCUT2D eigenvalue weighted by Crippen LogP contribution is 2.27. The van der Waals surface area contributed by atoms with E-state index in [4.69, 9.17) is 23.8 Å². The van der Waals surface area contributed by atoms with E-state index < -0.39 is 4.92 Å². The molecule has 9 heteroatoms. The van der Waals surface area contributed by atoms with Gasteiger partial charge in [0.15, 0.2) is 5.11 Å². The van der Waals surface area contributed by atoms with Gasteiger partial charge in [-0.25, -0.2) is 0 Å². The Morgan fingerprint density at radius 3 is 2.50 bits per heavy atom. The van der Waals surface area contributed by atoms with Gasteiger partial charge in [-0.1, -0.05) is 23.7 Å². The number of hydrogen-bond acceptors (Lipinski definition) is 4. The van der Waals surface area contributed by atoms with Crippen molar-refractivity contribution in [3.05, 3.63) is 67.6 Å². The quantitative estimate of drug-likeness (QED) is 0.436. The number of non-ortho nitro benzene ring substituents is 1. The zero-order valence-corrected chi connectivity index (χ0v) is 15.2. The Morgan fingerprint density at radius 1 is 1.25 bits per heavy atom. The highest BCUT2D eigenvalue weighted by molar-refractivity contribution is 9.10. The summed E-state index contributed by atoms with van der Waals surface area (Å²) in [7, 11) is 0. The van der Waals surface area contributed by atoms with E-state index in [1.807, 2.05) is 0 Å². The molecule has 0 fully saturated rings. The molecule has 2 aromatic carbocycles. The fourth-order valence-electron chi connectivity index (χ4n) is 1.83. The molecule has 0 aliphatic rings. The first kappa shape index (κ1) is 18.3. The lowest BCUT2D eigenvalue weighted by Gasteiger charge is -2.11. The third-order valence-electron chi connectivity index (χ3n) is 2.94. The van der Waals surface area contributed by atoms with Crippen molar-refractivity contribution in [2.75, 3.05) is 5.32 Å². The van der Waals surface area contributed by atoms with Crippen LogP contribution < -0.4 is 10.6 Å². The van der Waals surface area contributed by atoms with Crippen molar-refractivity contribution in [1.82, 2.24) is 5.32 Å². The first-order valence-corrected chi connectivity index (χ1v) is 8.22. The van der Waals surface area contributed by atoms with Gasteiger partial charge in [-0.05, 0) is 51.9 Å². The van der Waals surface area contributed by atoms with Crippen LogP contribution in [0, 0.1) is 10.1 Å². The molecule has 0 saturated carbocycles. The number of hydrogen-bond donors (Lipinski definition) is 2. The first-order valence-electron chi connectivity index (χ1n) is 6.64. The molecule has 2 aromatic rings. The standard InChI is InChI=1S/C15H11BrClN3O3S/c16-12-8-11(20(22)23)5-6-13(12)18-15(24)19-14(21)7-9-1-3-10(17)4-2-9/h1-6,8H,7H2,(H2,18,19,21,24). The summed E-state index contributed by atoms with van der Waals surface area (Å²) in [4.78, 5) is 22.2. The van der Waals surface area contributed by atoms with Crippen LogP contribution in [0.25, 0.3) is 0 Å². The van der Waals surface area contributed by atoms with E-state index >= 15 is 0 Å². The summed E-state index contributed by atoms with van der Waals surface area (Å²) in [6.45, 7) is 0. The number of carbonyl (C=O) groups excluding carboxylic acids is 1. The van der Waals surface area contributed by atoms with Crippen LogP contribution in [-0.2, 0) is 11.2 Å². The molecule has 0 saturated heterocycles. The van der Waals surface area contributed by atoms with E-state index in [1.165, 1.54) is 18.2 Å². The number of nitrogens with one attached hydrogen (secondary N) is 2. The topological polar surface area (TPSA) is 84.3 Å². The Balaban J connectivity index is 1.94. The van der Waals surface area contributed by atoms with Crippen molar-refractivity contribution in [3.63, 3.8) is 0 Å². The van der Waals surface area contributed by atoms with E-state index in [0.29, 0.717) is 15.2 Å². The van der Waals surface area contributed by atoms with Gasteiger partial charge in [-0.2, -0.15) is 0 Å². The minimum atomic E-state index is -0.499. The number of anilines is 1. The van der Waals surface area contributed by atoms with Crippen LogP contribution in [0.5, 0.6) is 0 Å². The van der Waals surface area contributed by atoms with E-state index in [2.05, 4.69) is 26.6 Å². The molecule has 0 aliphatic carbocycles. The number of nitrogens with zero attached hydrogens (tertiary/aromatic N) is 1. The van der Waals surface area contributed by atoms with Crippen LogP contribution in [-0.4, -0.2) is 15.9 Å². The number of halogens is 2. The van der Waals surface area contributed by atoms with Gasteiger partial charge in [0.1, 0.15) is 0 Å². The first-order chi connectivity index (χ1) is 11.3. The lowest BCUT2D eigenvalue weighted by molar-refractivity contribution is -0.384. The second-order valence-electron chi connectivity index (χ2n) is 4.73. The fraction of sp³-hybridized carbons (Fsp3) is 0.0667. The molecular formula is C15H11BrClN3O3S. The van der Waals surface area contributed by atoms with Crippen molar-refractivity contribution in [2.45, 2.75) is 6.42 Å². The average molecular weight is 429 g/mol. The third-order valence-corrected chi connectivity index (χ3v) is 4.05. The van der Waals surface area contributed by atoms with Gasteiger partial charge in [0.25, 0.3) is 5.69 Å². The summed E-state index contributed by atoms with van der Waals surface area (Å²) in [5.41, 5.74) is 1.26. The van der Waals surface area contributed by atoms with Gasteiger partial charge in [-0.15, -0.1) is 0 Å². The smallest absolute Gasteiger partial charge is 0.270 e. The number of carbonyl (C=O) groups is 1. The predicted octanol–water partition coefficient (Wildman–Crippen LogP) is 4.07. The maximum atomic E-state index is 12.0. The molecular weight excluding hydrogens is 418 g/mol. The Hall–Kier alpha value is -2.03. The Kier molecular flexibility index (Phi) is 6.24. The van der Waals surface area contributed by atoms with Crippen molar-refractivity contribution < 1.29 is 9.72 Å². The van der Waals surface area contributed by atoms with Gasteiger partial charge in [0.05, 0.1) is 17.0 Å². The van der Waals surface area contributed by atoms with Crippen LogP contribution >= 0.6 is 39.7 Å². The molecule has 0 unspecified atom stereocenters. The molecule has 0 radical (unpaired) electrons. The minimum Gasteiger partial charge on any atom is -0.331 e. The van der Waals surface area contributed by atoms with Crippen LogP contribution in [0.2, 0.25) is 5.02 Å². The normalized spacial score (nSPS) is 10.1. The predicted molar refractivity (Wildman–Crippen MR) is 100 cm³/mol. The zero-order valence-electron chi connectivity index (χ0n) is 12.1. The van der Waals surface area contributed by atoms with Crippen LogP contribution in [0.15, 0.2) is 46.9 Å². The van der Waals surface area contributed by atoms with Crippen molar-refractivity contribution in [2.24, 2.45) is 0 Å². The Bertz CT molecular complexity index is 799. The summed E-state index contributed by atoms with van der Waals surface area (Å²) < 4.78 is 0.464. The Labute approximate surface area is 156 Å². The molecule has 24 heavy (non-hydrogen) atoms. The van der Waals surface area contributed by atoms with E-state index in [9.17, 15) is 14.9 Å². The molecule has 0 aromatic heterocycles. The molecule has 6 nitrogen and oxygen atoms in total. The van der Waals surface area contributed by atoms with Gasteiger partial charge in [-0.3, -0.25) is 14.9 Å². The molecule has 1 amide bonds. The average Bonchev–Trinajstić information content (AvgIpc) is 2.51. The lowest BCUT2D eigenvalue weighted by Crippen LogP contribution is -2.35. The van der Waals surface area contributed by atoms with Gasteiger partial charge in [0, 0.05) is 21.6 Å². The molecule has 124 valence electrons. The highest BCUT2D eigenvalue weighted by atomic mass is 79.9. The molecule has 0 aliphatic heterocycles. The van der Waals surface area contributed by atoms with Gasteiger partial charge in [0.2, 0.25) is 5.91 Å². The van der Waals surface area contributed by atoms with Gasteiger partial charge < -0.3 is 10.6 Å². The third kappa shape index (κ3) is 5.26. The van der Waals surface area contributed by atoms with Crippen molar-refractivity contribution >= 4 is 62.1 Å². The van der Waals surface area contributed by atoms with E-state index in [-0.39, 0.29) is 23.1 Å². The van der Waals surface area contributed by atoms with E-state index in [0.717, 1.165) is 5.56 Å². The number of amides is 1. The summed E-state index contributed by atoms with van der Waals surface area (Å²) in [6.07, 6.45) is 0.153. The molecule has 0 atom stereocenters. The zero-order chi connectivity index (χ0) is 17.7. The number of rotatable bonds is 4. The number of thiocarbonyl (C=S) groups is 1. The maximum Gasteiger partial charge on any atom is 0.270 e. The second-order valence-corrected chi connectivity index (χ2v) is 6.43. The van der Waals surface area contributed by atoms with Crippen molar-refractivity contribution in [3.8, 4) is 0 Å². The summed E-state index contributed by atoms with van der Waals surface area (Å²) in [5.74, 6) is -0.284. The number of nitro benzene ring substituents is 1. The second kappa shape index (κ2) is 8.18. The summed E-state index contributed by atoms with van der Waals surface area (Å²) >= 11 is 14.1. The molecule has 0 bridgehead atoms. The fourth-order valence-corrected chi connectivity index (χ4v) is 2.65. The highest BCUT2D eigenvalue weighted by Gasteiger charge is 2.11. The summed E-state index contributed by atoms with van der Waals surface area (Å²) in [5, 5.41) is 16.8. The van der Waals surface area contributed by atoms with Crippen LogP contribution in [0.3, 0.4) is 0 Å². The van der Waals surface area contributed by atoms with E-state index in [1.54, 1.807) is 24.3 Å². The minimum absolute atomic E-state index is 0.0508. The van der Waals surface area contributed by atoms with Gasteiger partial charge >= 0.3 is 0 Å². The van der Waals surface area contributed by atoms with Crippen molar-refractivity contribution in [1.29, 1.82) is 0 Å². The lowest BCUT2D eigenvalue weighted by atomic mass is 10.1. The SMILES string of the molecule is O=C(Cc1ccc(Cl)cc1)NC(=S)Nc1ccc([N+](=O)[O-])cc1Br. The summed E-state index contributed by atoms with van der Waals surface area (Å²) in [6, 6.07) is 11.1. The van der Waals surface area contributed by atoms with Crippen LogP contribution in [0.4, 0.5) is 11.4 Å². The number of nitro groups is 1. The molecule has 0 heterocycles. The Morgan fingerprint density at radius 2 is 1.92 bits per heavy atom. The molecule has 0 spiro atoms.